The number of hydrazone groups is 1. The molecule has 0 saturated heterocycles. The molecule has 0 amide bonds. The van der Waals surface area contributed by atoms with E-state index in [1.807, 2.05) is 11.7 Å². The highest BCUT2D eigenvalue weighted by Gasteiger charge is 2.24. The normalized spacial score (nSPS) is 27.1. The van der Waals surface area contributed by atoms with E-state index >= 15 is 0 Å². The van der Waals surface area contributed by atoms with Crippen molar-refractivity contribution in [3.05, 3.63) is 0 Å². The average Bonchev–Trinajstić information content (AvgIpc) is 1.98. The van der Waals surface area contributed by atoms with Gasteiger partial charge < -0.3 is 0 Å². The zero-order valence-electron chi connectivity index (χ0n) is 6.47. The molecule has 50 valence electrons. The van der Waals surface area contributed by atoms with Gasteiger partial charge in [-0.15, -0.1) is 0 Å². The van der Waals surface area contributed by atoms with Gasteiger partial charge in [0.05, 0.1) is 11.6 Å². The van der Waals surface area contributed by atoms with Crippen molar-refractivity contribution in [2.24, 2.45) is 11.0 Å². The predicted molar refractivity (Wildman–Crippen MR) is 39.1 cm³/mol. The molecule has 1 rings (SSSR count). The van der Waals surface area contributed by atoms with Crippen molar-refractivity contribution in [1.82, 2.24) is 0 Å². The topological polar surface area (TPSA) is 15.4 Å². The second-order valence-electron chi connectivity index (χ2n) is 2.63. The van der Waals surface area contributed by atoms with Crippen LogP contribution < -0.4 is 0 Å². The minimum Gasteiger partial charge on any atom is -0.0949 e. The summed E-state index contributed by atoms with van der Waals surface area (Å²) in [5.74, 6) is 0.551. The fourth-order valence-electron chi connectivity index (χ4n) is 0.985. The average molecular weight is 125 g/mol. The highest BCUT2D eigenvalue weighted by molar-refractivity contribution is 6.04. The van der Waals surface area contributed by atoms with Crippen molar-refractivity contribution in [2.75, 3.05) is 7.05 Å². The Morgan fingerprint density at radius 3 is 2.11 bits per heavy atom. The van der Waals surface area contributed by atoms with Crippen molar-refractivity contribution < 1.29 is 4.68 Å². The molecule has 0 fully saturated rings. The molecule has 0 aromatic rings. The van der Waals surface area contributed by atoms with Crippen LogP contribution in [0.1, 0.15) is 20.8 Å². The van der Waals surface area contributed by atoms with Gasteiger partial charge in [-0.3, -0.25) is 0 Å². The van der Waals surface area contributed by atoms with E-state index < -0.39 is 0 Å². The van der Waals surface area contributed by atoms with Crippen molar-refractivity contribution in [3.63, 3.8) is 0 Å². The first-order valence-corrected chi connectivity index (χ1v) is 3.25. The summed E-state index contributed by atoms with van der Waals surface area (Å²) in [7, 11) is 1.99. The Morgan fingerprint density at radius 2 is 2.00 bits per heavy atom. The van der Waals surface area contributed by atoms with E-state index in [0.717, 1.165) is 0 Å². The van der Waals surface area contributed by atoms with Gasteiger partial charge in [-0.25, -0.2) is 0 Å². The summed E-state index contributed by atoms with van der Waals surface area (Å²) < 4.78 is 1.94. The number of rotatable bonds is 0. The molecule has 0 radical (unpaired) electrons. The van der Waals surface area contributed by atoms with Gasteiger partial charge in [-0.1, -0.05) is 4.68 Å². The Labute approximate surface area is 55.9 Å². The van der Waals surface area contributed by atoms with Crippen LogP contribution in [0.2, 0.25) is 0 Å². The van der Waals surface area contributed by atoms with Gasteiger partial charge >= 0.3 is 0 Å². The lowest BCUT2D eigenvalue weighted by molar-refractivity contribution is -0.500. The van der Waals surface area contributed by atoms with E-state index in [0.29, 0.717) is 5.92 Å². The van der Waals surface area contributed by atoms with Crippen LogP contribution in [0.15, 0.2) is 5.10 Å². The molecule has 0 aliphatic carbocycles. The molecule has 1 atom stereocenters. The Morgan fingerprint density at radius 1 is 1.44 bits per heavy atom. The summed E-state index contributed by atoms with van der Waals surface area (Å²) in [6.07, 6.45) is 0. The van der Waals surface area contributed by atoms with Gasteiger partial charge in [0.25, 0.3) is 0 Å². The molecule has 0 aromatic carbocycles. The summed E-state index contributed by atoms with van der Waals surface area (Å²) >= 11 is 0. The van der Waals surface area contributed by atoms with Gasteiger partial charge in [0.15, 0.2) is 12.8 Å². The van der Waals surface area contributed by atoms with Gasteiger partial charge in [-0.2, -0.15) is 0 Å². The molecule has 2 nitrogen and oxygen atoms in total. The van der Waals surface area contributed by atoms with E-state index in [4.69, 9.17) is 0 Å². The van der Waals surface area contributed by atoms with E-state index in [9.17, 15) is 0 Å². The lowest BCUT2D eigenvalue weighted by Crippen LogP contribution is -2.13. The molecule has 9 heavy (non-hydrogen) atoms. The Hall–Kier alpha value is -0.660. The molecule has 1 unspecified atom stereocenters. The van der Waals surface area contributed by atoms with Gasteiger partial charge in [-0.05, 0) is 18.9 Å². The minimum atomic E-state index is 0.551. The maximum absolute atomic E-state index is 4.26. The summed E-state index contributed by atoms with van der Waals surface area (Å²) in [4.78, 5) is 0. The maximum atomic E-state index is 4.26. The fourth-order valence-corrected chi connectivity index (χ4v) is 0.985. The standard InChI is InChI=1S/C7H13N2/c1-5-6(2)8-9(4)7(5)3/h5H,1-4H3/q+1. The molecule has 1 heterocycles. The van der Waals surface area contributed by atoms with Gasteiger partial charge in [0.1, 0.15) is 0 Å². The Balaban J connectivity index is 2.92. The number of hydrogen-bond acceptors (Lipinski definition) is 1. The van der Waals surface area contributed by atoms with E-state index in [2.05, 4.69) is 25.9 Å². The van der Waals surface area contributed by atoms with Gasteiger partial charge in [0.2, 0.25) is 0 Å². The van der Waals surface area contributed by atoms with Crippen molar-refractivity contribution in [1.29, 1.82) is 0 Å². The van der Waals surface area contributed by atoms with Crippen LogP contribution in [-0.2, 0) is 0 Å². The fraction of sp³-hybridized carbons (Fsp3) is 0.714. The van der Waals surface area contributed by atoms with Crippen LogP contribution in [0.25, 0.3) is 0 Å². The van der Waals surface area contributed by atoms with Crippen LogP contribution in [0.5, 0.6) is 0 Å². The second kappa shape index (κ2) is 1.94. The maximum Gasteiger partial charge on any atom is 0.190 e. The third-order valence-corrected chi connectivity index (χ3v) is 2.07. The zero-order valence-corrected chi connectivity index (χ0v) is 6.47. The second-order valence-corrected chi connectivity index (χ2v) is 2.63. The van der Waals surface area contributed by atoms with E-state index in [-0.39, 0.29) is 0 Å². The quantitative estimate of drug-likeness (QED) is 0.431. The molecule has 1 aliphatic rings. The highest BCUT2D eigenvalue weighted by atomic mass is 15.4. The molecule has 0 N–H and O–H groups in total. The van der Waals surface area contributed by atoms with Crippen molar-refractivity contribution in [2.45, 2.75) is 20.8 Å². The first-order chi connectivity index (χ1) is 4.13. The number of nitrogens with zero attached hydrogens (tertiary/aromatic N) is 2. The predicted octanol–water partition coefficient (Wildman–Crippen LogP) is 1.12. The molecule has 1 aliphatic heterocycles. The minimum absolute atomic E-state index is 0.551. The summed E-state index contributed by atoms with van der Waals surface area (Å²) in [5.41, 5.74) is 2.56. The van der Waals surface area contributed by atoms with Crippen LogP contribution in [0, 0.1) is 5.92 Å². The molecule has 0 aromatic heterocycles. The number of hydrogen-bond donors (Lipinski definition) is 0. The van der Waals surface area contributed by atoms with Crippen LogP contribution >= 0.6 is 0 Å². The smallest absolute Gasteiger partial charge is 0.0949 e. The highest BCUT2D eigenvalue weighted by Crippen LogP contribution is 2.07. The SMILES string of the molecule is CC1=N[N+](C)=C(C)C1C. The van der Waals surface area contributed by atoms with Crippen LogP contribution in [0.3, 0.4) is 0 Å². The summed E-state index contributed by atoms with van der Waals surface area (Å²) in [5, 5.41) is 4.26. The van der Waals surface area contributed by atoms with E-state index in [1.54, 1.807) is 0 Å². The lowest BCUT2D eigenvalue weighted by atomic mass is 10.0. The summed E-state index contributed by atoms with van der Waals surface area (Å²) in [6, 6.07) is 0. The Bertz CT molecular complexity index is 189. The molecule has 2 heteroatoms. The molecular formula is C7H13N2+. The first kappa shape index (κ1) is 6.46. The largest absolute Gasteiger partial charge is 0.190 e. The lowest BCUT2D eigenvalue weighted by Gasteiger charge is -1.93. The molecular weight excluding hydrogens is 112 g/mol. The Kier molecular flexibility index (Phi) is 1.39. The molecule has 0 saturated carbocycles. The van der Waals surface area contributed by atoms with Crippen molar-refractivity contribution in [3.8, 4) is 0 Å². The third-order valence-electron chi connectivity index (χ3n) is 2.07. The zero-order chi connectivity index (χ0) is 7.02. The first-order valence-electron chi connectivity index (χ1n) is 3.25. The van der Waals surface area contributed by atoms with Crippen molar-refractivity contribution >= 4 is 11.4 Å². The molecule has 0 spiro atoms. The summed E-state index contributed by atoms with van der Waals surface area (Å²) in [6.45, 7) is 6.36. The monoisotopic (exact) mass is 125 g/mol. The van der Waals surface area contributed by atoms with Crippen LogP contribution in [-0.4, -0.2) is 23.2 Å². The van der Waals surface area contributed by atoms with Crippen LogP contribution in [0.4, 0.5) is 0 Å². The molecule has 0 bridgehead atoms. The third kappa shape index (κ3) is 0.889. The van der Waals surface area contributed by atoms with E-state index in [1.165, 1.54) is 11.4 Å². The van der Waals surface area contributed by atoms with Gasteiger partial charge in [0, 0.05) is 6.92 Å².